The van der Waals surface area contributed by atoms with Crippen LogP contribution in [-0.4, -0.2) is 49.2 Å². The fourth-order valence-corrected chi connectivity index (χ4v) is 1.85. The number of nitrogens with zero attached hydrogens (tertiary/aromatic N) is 1. The lowest BCUT2D eigenvalue weighted by Crippen LogP contribution is -2.56. The van der Waals surface area contributed by atoms with Crippen molar-refractivity contribution in [1.29, 1.82) is 0 Å². The molecule has 1 N–H and O–H groups in total. The minimum Gasteiger partial charge on any atom is -0.368 e. The third-order valence-electron chi connectivity index (χ3n) is 2.37. The predicted octanol–water partition coefficient (Wildman–Crippen LogP) is 0.398. The second kappa shape index (κ2) is 5.88. The summed E-state index contributed by atoms with van der Waals surface area (Å²) in [4.78, 5) is 13.6. The molecule has 1 rings (SSSR count). The van der Waals surface area contributed by atoms with Crippen molar-refractivity contribution in [1.82, 2.24) is 10.2 Å². The first-order chi connectivity index (χ1) is 7.13. The number of carbonyl (C=O) groups excluding carboxylic acids is 1. The summed E-state index contributed by atoms with van der Waals surface area (Å²) in [6.45, 7) is 9.82. The van der Waals surface area contributed by atoms with Gasteiger partial charge in [-0.15, -0.1) is 6.58 Å². The fourth-order valence-electron chi connectivity index (χ4n) is 1.85. The Hall–Kier alpha value is -0.870. The van der Waals surface area contributed by atoms with Crippen LogP contribution in [0.4, 0.5) is 0 Å². The summed E-state index contributed by atoms with van der Waals surface area (Å²) in [6, 6.07) is 0.717. The van der Waals surface area contributed by atoms with Gasteiger partial charge in [-0.3, -0.25) is 4.79 Å². The predicted molar refractivity (Wildman–Crippen MR) is 59.7 cm³/mol. The third kappa shape index (κ3) is 4.01. The van der Waals surface area contributed by atoms with Gasteiger partial charge in [0.15, 0.2) is 0 Å². The normalized spacial score (nSPS) is 26.4. The maximum Gasteiger partial charge on any atom is 0.248 e. The molecule has 0 aromatic heterocycles. The largest absolute Gasteiger partial charge is 0.368 e. The van der Waals surface area contributed by atoms with Crippen molar-refractivity contribution in [2.75, 3.05) is 26.3 Å². The van der Waals surface area contributed by atoms with Gasteiger partial charge in [0.2, 0.25) is 5.91 Å². The number of amides is 1. The monoisotopic (exact) mass is 212 g/mol. The molecule has 0 bridgehead atoms. The Morgan fingerprint density at radius 1 is 1.53 bits per heavy atom. The molecule has 4 nitrogen and oxygen atoms in total. The summed E-state index contributed by atoms with van der Waals surface area (Å²) in [5.41, 5.74) is 0. The minimum atomic E-state index is 0.0667. The average Bonchev–Trinajstić information content (AvgIpc) is 2.16. The molecule has 1 aliphatic rings. The number of piperazine rings is 1. The molecule has 0 aromatic carbocycles. The third-order valence-corrected chi connectivity index (χ3v) is 2.37. The molecule has 0 saturated carbocycles. The van der Waals surface area contributed by atoms with E-state index in [9.17, 15) is 4.79 Å². The zero-order chi connectivity index (χ0) is 11.3. The van der Waals surface area contributed by atoms with Gasteiger partial charge in [0.25, 0.3) is 0 Å². The maximum atomic E-state index is 11.7. The molecule has 2 unspecified atom stereocenters. The van der Waals surface area contributed by atoms with Gasteiger partial charge in [0, 0.05) is 25.2 Å². The minimum absolute atomic E-state index is 0.0667. The highest BCUT2D eigenvalue weighted by Gasteiger charge is 2.24. The van der Waals surface area contributed by atoms with E-state index in [2.05, 4.69) is 25.7 Å². The van der Waals surface area contributed by atoms with Crippen molar-refractivity contribution in [3.05, 3.63) is 12.7 Å². The molecular formula is C11H20N2O2. The highest BCUT2D eigenvalue weighted by molar-refractivity contribution is 5.77. The first-order valence-electron chi connectivity index (χ1n) is 5.36. The maximum absolute atomic E-state index is 11.7. The molecule has 15 heavy (non-hydrogen) atoms. The Kier molecular flexibility index (Phi) is 4.78. The lowest BCUT2D eigenvalue weighted by Gasteiger charge is -2.36. The van der Waals surface area contributed by atoms with Gasteiger partial charge in [-0.25, -0.2) is 0 Å². The molecule has 0 aromatic rings. The molecule has 0 aliphatic carbocycles. The second-order valence-corrected chi connectivity index (χ2v) is 4.07. The van der Waals surface area contributed by atoms with Gasteiger partial charge in [0.1, 0.15) is 6.61 Å². The topological polar surface area (TPSA) is 41.6 Å². The summed E-state index contributed by atoms with van der Waals surface area (Å²) in [5.74, 6) is 0.0667. The molecule has 0 spiro atoms. The summed E-state index contributed by atoms with van der Waals surface area (Å²) < 4.78 is 5.14. The van der Waals surface area contributed by atoms with E-state index in [-0.39, 0.29) is 12.5 Å². The first-order valence-corrected chi connectivity index (χ1v) is 5.36. The number of ether oxygens (including phenoxy) is 1. The first kappa shape index (κ1) is 12.2. The summed E-state index contributed by atoms with van der Waals surface area (Å²) in [7, 11) is 0. The Morgan fingerprint density at radius 3 is 2.67 bits per heavy atom. The van der Waals surface area contributed by atoms with Crippen LogP contribution >= 0.6 is 0 Å². The molecule has 1 saturated heterocycles. The van der Waals surface area contributed by atoms with Crippen molar-refractivity contribution < 1.29 is 9.53 Å². The Morgan fingerprint density at radius 2 is 2.13 bits per heavy atom. The molecule has 1 aliphatic heterocycles. The Bertz CT molecular complexity index is 221. The van der Waals surface area contributed by atoms with Crippen LogP contribution in [-0.2, 0) is 9.53 Å². The van der Waals surface area contributed by atoms with Crippen LogP contribution in [0.2, 0.25) is 0 Å². The number of carbonyl (C=O) groups is 1. The van der Waals surface area contributed by atoms with E-state index in [0.717, 1.165) is 13.1 Å². The molecule has 1 amide bonds. The van der Waals surface area contributed by atoms with E-state index < -0.39 is 0 Å². The van der Waals surface area contributed by atoms with Crippen molar-refractivity contribution >= 4 is 5.91 Å². The molecular weight excluding hydrogens is 192 g/mol. The van der Waals surface area contributed by atoms with Crippen LogP contribution in [0.3, 0.4) is 0 Å². The summed E-state index contributed by atoms with van der Waals surface area (Å²) in [6.07, 6.45) is 1.65. The molecule has 2 atom stereocenters. The van der Waals surface area contributed by atoms with Gasteiger partial charge in [-0.05, 0) is 13.8 Å². The number of hydrogen-bond donors (Lipinski definition) is 1. The summed E-state index contributed by atoms with van der Waals surface area (Å²) in [5, 5.41) is 3.38. The van der Waals surface area contributed by atoms with E-state index in [1.807, 2.05) is 4.90 Å². The second-order valence-electron chi connectivity index (χ2n) is 4.07. The number of nitrogens with one attached hydrogen (secondary N) is 1. The van der Waals surface area contributed by atoms with Crippen LogP contribution < -0.4 is 5.32 Å². The number of rotatable bonds is 4. The quantitative estimate of drug-likeness (QED) is 0.541. The van der Waals surface area contributed by atoms with Crippen molar-refractivity contribution in [3.63, 3.8) is 0 Å². The highest BCUT2D eigenvalue weighted by atomic mass is 16.5. The molecule has 4 heteroatoms. The Labute approximate surface area is 91.3 Å². The van der Waals surface area contributed by atoms with Crippen LogP contribution in [0.25, 0.3) is 0 Å². The van der Waals surface area contributed by atoms with E-state index >= 15 is 0 Å². The van der Waals surface area contributed by atoms with E-state index in [4.69, 9.17) is 4.74 Å². The molecule has 1 fully saturated rings. The van der Waals surface area contributed by atoms with Crippen molar-refractivity contribution in [2.24, 2.45) is 0 Å². The van der Waals surface area contributed by atoms with Gasteiger partial charge in [-0.1, -0.05) is 6.08 Å². The lowest BCUT2D eigenvalue weighted by molar-refractivity contribution is -0.137. The highest BCUT2D eigenvalue weighted by Crippen LogP contribution is 2.04. The van der Waals surface area contributed by atoms with Gasteiger partial charge in [-0.2, -0.15) is 0 Å². The zero-order valence-electron chi connectivity index (χ0n) is 9.53. The summed E-state index contributed by atoms with van der Waals surface area (Å²) >= 11 is 0. The molecule has 0 radical (unpaired) electrons. The smallest absolute Gasteiger partial charge is 0.248 e. The van der Waals surface area contributed by atoms with Gasteiger partial charge in [0.05, 0.1) is 6.61 Å². The van der Waals surface area contributed by atoms with Crippen molar-refractivity contribution in [3.8, 4) is 0 Å². The average molecular weight is 212 g/mol. The standard InChI is InChI=1S/C11H20N2O2/c1-4-5-15-8-11(14)13-6-9(2)12-10(3)7-13/h4,9-10,12H,1,5-8H2,2-3H3. The molecule has 86 valence electrons. The van der Waals surface area contributed by atoms with Gasteiger partial charge < -0.3 is 15.0 Å². The van der Waals surface area contributed by atoms with Gasteiger partial charge >= 0.3 is 0 Å². The van der Waals surface area contributed by atoms with Crippen LogP contribution in [0.1, 0.15) is 13.8 Å². The van der Waals surface area contributed by atoms with E-state index in [1.54, 1.807) is 6.08 Å². The fraction of sp³-hybridized carbons (Fsp3) is 0.727. The van der Waals surface area contributed by atoms with E-state index in [0.29, 0.717) is 18.7 Å². The van der Waals surface area contributed by atoms with Crippen LogP contribution in [0.5, 0.6) is 0 Å². The molecule has 1 heterocycles. The van der Waals surface area contributed by atoms with Crippen LogP contribution in [0, 0.1) is 0 Å². The number of hydrogen-bond acceptors (Lipinski definition) is 3. The Balaban J connectivity index is 2.34. The SMILES string of the molecule is C=CCOCC(=O)N1CC(C)NC(C)C1. The lowest BCUT2D eigenvalue weighted by atomic mass is 10.1. The van der Waals surface area contributed by atoms with Crippen LogP contribution in [0.15, 0.2) is 12.7 Å². The zero-order valence-corrected chi connectivity index (χ0v) is 9.53. The van der Waals surface area contributed by atoms with Crippen molar-refractivity contribution in [2.45, 2.75) is 25.9 Å². The van der Waals surface area contributed by atoms with E-state index in [1.165, 1.54) is 0 Å².